The van der Waals surface area contributed by atoms with Crippen molar-refractivity contribution >= 4 is 11.3 Å². The second kappa shape index (κ2) is 8.30. The van der Waals surface area contributed by atoms with Gasteiger partial charge in [-0.15, -0.1) is 10.2 Å². The lowest BCUT2D eigenvalue weighted by Crippen LogP contribution is -2.60. The lowest BCUT2D eigenvalue weighted by Gasteiger charge is -2.46. The van der Waals surface area contributed by atoms with Crippen molar-refractivity contribution in [3.05, 3.63) is 41.6 Å². The van der Waals surface area contributed by atoms with Gasteiger partial charge in [-0.05, 0) is 65.3 Å². The van der Waals surface area contributed by atoms with E-state index in [0.717, 1.165) is 12.8 Å². The molecule has 1 aromatic carbocycles. The van der Waals surface area contributed by atoms with Crippen LogP contribution in [0.2, 0.25) is 0 Å². The lowest BCUT2D eigenvalue weighted by molar-refractivity contribution is 0.0524. The van der Waals surface area contributed by atoms with E-state index in [-0.39, 0.29) is 22.9 Å². The molecular formula is C24H33N5O2. The zero-order valence-corrected chi connectivity index (χ0v) is 19.2. The summed E-state index contributed by atoms with van der Waals surface area (Å²) in [4.78, 5) is 0. The average molecular weight is 424 g/mol. The van der Waals surface area contributed by atoms with Crippen LogP contribution in [0.15, 0.2) is 36.0 Å². The van der Waals surface area contributed by atoms with Crippen LogP contribution in [0, 0.1) is 5.41 Å². The van der Waals surface area contributed by atoms with E-state index in [4.69, 9.17) is 15.9 Å². The van der Waals surface area contributed by atoms with Gasteiger partial charge in [0, 0.05) is 52.5 Å². The molecule has 1 aliphatic heterocycles. The van der Waals surface area contributed by atoms with Crippen LogP contribution in [0.4, 0.5) is 0 Å². The van der Waals surface area contributed by atoms with Gasteiger partial charge in [0.15, 0.2) is 0 Å². The van der Waals surface area contributed by atoms with Gasteiger partial charge in [-0.2, -0.15) is 0 Å². The molecule has 0 radical (unpaired) electrons. The number of nitrogens with two attached hydrogens (primary N) is 1. The molecule has 0 unspecified atom stereocenters. The van der Waals surface area contributed by atoms with Crippen LogP contribution in [-0.4, -0.2) is 38.2 Å². The quantitative estimate of drug-likeness (QED) is 0.534. The highest BCUT2D eigenvalue weighted by Crippen LogP contribution is 2.33. The first-order valence-electron chi connectivity index (χ1n) is 10.5. The molecular weight excluding hydrogens is 390 g/mol. The molecule has 7 heteroatoms. The van der Waals surface area contributed by atoms with Gasteiger partial charge in [-0.3, -0.25) is 0 Å². The molecule has 5 N–H and O–H groups in total. The highest BCUT2D eigenvalue weighted by Gasteiger charge is 2.38. The van der Waals surface area contributed by atoms with E-state index in [0.29, 0.717) is 39.7 Å². The number of phenolic OH excluding ortho intramolecular Hbond substituents is 1. The van der Waals surface area contributed by atoms with Crippen molar-refractivity contribution in [1.82, 2.24) is 15.5 Å². The van der Waals surface area contributed by atoms with Crippen molar-refractivity contribution in [2.75, 3.05) is 0 Å². The maximum atomic E-state index is 10.6. The summed E-state index contributed by atoms with van der Waals surface area (Å²) in [6.45, 7) is 12.1. The number of phenols is 1. The Bertz CT molecular complexity index is 989. The maximum Gasteiger partial charge on any atom is 0.233 e. The van der Waals surface area contributed by atoms with Gasteiger partial charge in [0.05, 0.1) is 5.69 Å². The molecule has 1 fully saturated rings. The first kappa shape index (κ1) is 22.7. The number of allylic oxidation sites excluding steroid dienone is 2. The molecule has 0 aliphatic carbocycles. The molecule has 166 valence electrons. The van der Waals surface area contributed by atoms with Gasteiger partial charge in [0.25, 0.3) is 0 Å². The number of aromatic hydroxyl groups is 1. The van der Waals surface area contributed by atoms with Gasteiger partial charge in [-0.1, -0.05) is 6.07 Å². The van der Waals surface area contributed by atoms with E-state index < -0.39 is 0 Å². The standard InChI is InChI=1S/C24H33N5O2/c1-14(25)22(15(2)26)16-7-8-18(20(30)11-16)19-9-10-21(28-27-19)31-17-12-23(3,4)29-24(5,6)13-17/h7-11,17,25,29-30H,12-13,26H2,1-6H3/b22-15+,25-14?. The Labute approximate surface area is 184 Å². The fraction of sp³-hybridized carbons (Fsp3) is 0.458. The SMILES string of the molecule is CC(=N)/C(=C(/C)N)c1ccc(-c2ccc(OC3CC(C)(C)NC(C)(C)C3)nn2)c(O)c1. The van der Waals surface area contributed by atoms with Crippen molar-refractivity contribution in [2.45, 2.75) is 71.6 Å². The zero-order chi connectivity index (χ0) is 23.0. The van der Waals surface area contributed by atoms with Crippen LogP contribution in [0.25, 0.3) is 16.8 Å². The summed E-state index contributed by atoms with van der Waals surface area (Å²) in [6, 6.07) is 8.77. The van der Waals surface area contributed by atoms with Gasteiger partial charge >= 0.3 is 0 Å². The number of hydrogen-bond acceptors (Lipinski definition) is 7. The number of benzene rings is 1. The monoisotopic (exact) mass is 423 g/mol. The number of piperidine rings is 1. The Kier molecular flexibility index (Phi) is 6.09. The number of ether oxygens (including phenoxy) is 1. The topological polar surface area (TPSA) is 117 Å². The average Bonchev–Trinajstić information content (AvgIpc) is 2.59. The highest BCUT2D eigenvalue weighted by molar-refractivity contribution is 6.22. The third-order valence-corrected chi connectivity index (χ3v) is 5.41. The van der Waals surface area contributed by atoms with Gasteiger partial charge < -0.3 is 26.3 Å². The molecule has 7 nitrogen and oxygen atoms in total. The van der Waals surface area contributed by atoms with Crippen molar-refractivity contribution in [2.24, 2.45) is 5.73 Å². The Morgan fingerprint density at radius 1 is 1.10 bits per heavy atom. The Morgan fingerprint density at radius 2 is 1.74 bits per heavy atom. The molecule has 0 spiro atoms. The summed E-state index contributed by atoms with van der Waals surface area (Å²) in [5.41, 5.74) is 9.17. The fourth-order valence-electron chi connectivity index (χ4n) is 4.65. The number of aromatic nitrogens is 2. The van der Waals surface area contributed by atoms with Crippen molar-refractivity contribution in [3.63, 3.8) is 0 Å². The van der Waals surface area contributed by atoms with Crippen molar-refractivity contribution in [3.8, 4) is 22.9 Å². The maximum absolute atomic E-state index is 10.6. The van der Waals surface area contributed by atoms with E-state index in [1.165, 1.54) is 0 Å². The first-order valence-corrected chi connectivity index (χ1v) is 10.5. The lowest BCUT2D eigenvalue weighted by atomic mass is 9.81. The summed E-state index contributed by atoms with van der Waals surface area (Å²) in [5, 5.41) is 30.6. The molecule has 1 aliphatic rings. The third-order valence-electron chi connectivity index (χ3n) is 5.41. The predicted octanol–water partition coefficient (Wildman–Crippen LogP) is 4.27. The van der Waals surface area contributed by atoms with Crippen molar-refractivity contribution in [1.29, 1.82) is 5.41 Å². The minimum Gasteiger partial charge on any atom is -0.507 e. The summed E-state index contributed by atoms with van der Waals surface area (Å²) in [7, 11) is 0. The molecule has 1 saturated heterocycles. The van der Waals surface area contributed by atoms with Crippen molar-refractivity contribution < 1.29 is 9.84 Å². The van der Waals surface area contributed by atoms with Crippen LogP contribution in [0.3, 0.4) is 0 Å². The second-order valence-electron chi connectivity index (χ2n) is 9.71. The molecule has 31 heavy (non-hydrogen) atoms. The summed E-state index contributed by atoms with van der Waals surface area (Å²) in [6.07, 6.45) is 1.81. The molecule has 3 rings (SSSR count). The predicted molar refractivity (Wildman–Crippen MR) is 124 cm³/mol. The Morgan fingerprint density at radius 3 is 2.23 bits per heavy atom. The summed E-state index contributed by atoms with van der Waals surface area (Å²) in [5.74, 6) is 0.532. The minimum atomic E-state index is -0.0165. The van der Waals surface area contributed by atoms with E-state index in [1.807, 2.05) is 6.07 Å². The number of rotatable bonds is 5. The molecule has 0 saturated carbocycles. The van der Waals surface area contributed by atoms with E-state index in [9.17, 15) is 5.11 Å². The largest absolute Gasteiger partial charge is 0.507 e. The first-order chi connectivity index (χ1) is 14.4. The number of hydrogen-bond donors (Lipinski definition) is 4. The molecule has 1 aromatic heterocycles. The minimum absolute atomic E-state index is 0.0165. The Hall–Kier alpha value is -2.93. The number of nitrogens with one attached hydrogen (secondary N) is 2. The highest BCUT2D eigenvalue weighted by atomic mass is 16.5. The summed E-state index contributed by atoms with van der Waals surface area (Å²) >= 11 is 0. The normalized spacial score (nSPS) is 18.9. The van der Waals surface area contributed by atoms with Crippen LogP contribution in [0.5, 0.6) is 11.6 Å². The van der Waals surface area contributed by atoms with E-state index in [2.05, 4.69) is 43.2 Å². The molecule has 2 heterocycles. The molecule has 0 amide bonds. The van der Waals surface area contributed by atoms with E-state index >= 15 is 0 Å². The van der Waals surface area contributed by atoms with Crippen LogP contribution in [0.1, 0.15) is 59.9 Å². The molecule has 0 atom stereocenters. The van der Waals surface area contributed by atoms with E-state index in [1.54, 1.807) is 38.1 Å². The Balaban J connectivity index is 1.79. The van der Waals surface area contributed by atoms with Gasteiger partial charge in [0.2, 0.25) is 5.88 Å². The molecule has 0 bridgehead atoms. The third kappa shape index (κ3) is 5.41. The van der Waals surface area contributed by atoms with Gasteiger partial charge in [-0.25, -0.2) is 0 Å². The second-order valence-corrected chi connectivity index (χ2v) is 9.71. The van der Waals surface area contributed by atoms with Gasteiger partial charge in [0.1, 0.15) is 11.9 Å². The zero-order valence-electron chi connectivity index (χ0n) is 19.2. The molecule has 2 aromatic rings. The fourth-order valence-corrected chi connectivity index (χ4v) is 4.65. The number of nitrogens with zero attached hydrogens (tertiary/aromatic N) is 2. The summed E-state index contributed by atoms with van der Waals surface area (Å²) < 4.78 is 6.13. The van der Waals surface area contributed by atoms with Crippen LogP contribution >= 0.6 is 0 Å². The van der Waals surface area contributed by atoms with Crippen LogP contribution < -0.4 is 15.8 Å². The smallest absolute Gasteiger partial charge is 0.233 e. The van der Waals surface area contributed by atoms with Crippen LogP contribution in [-0.2, 0) is 0 Å².